The van der Waals surface area contributed by atoms with Gasteiger partial charge in [-0.1, -0.05) is 29.8 Å². The molecule has 2 aromatic carbocycles. The fourth-order valence-electron chi connectivity index (χ4n) is 3.82. The van der Waals surface area contributed by atoms with Gasteiger partial charge in [-0.2, -0.15) is 0 Å². The minimum atomic E-state index is -3.53. The minimum Gasteiger partial charge on any atom is -0.354 e. The standard InChI is InChI=1S/C27H22ClN5O3S/c1-17-4-3-13-33-16-24(32-26(17)33)18-5-9-21(10-6-18)31-27(34)25-23(14-22(15-29-25)37(2,35)36)30-20-11-7-19(28)8-12-20/h3-16,30H,1-2H3,(H,31,34). The number of carbonyl (C=O) groups excluding carboxylic acids is 1. The molecule has 0 aliphatic heterocycles. The van der Waals surface area contributed by atoms with E-state index in [2.05, 4.69) is 15.6 Å². The predicted molar refractivity (Wildman–Crippen MR) is 145 cm³/mol. The first-order valence-electron chi connectivity index (χ1n) is 11.3. The first kappa shape index (κ1) is 24.5. The molecule has 0 bridgehead atoms. The van der Waals surface area contributed by atoms with E-state index in [-0.39, 0.29) is 16.3 Å². The summed E-state index contributed by atoms with van der Waals surface area (Å²) in [6, 6.07) is 19.5. The van der Waals surface area contributed by atoms with Crippen molar-refractivity contribution in [3.8, 4) is 11.3 Å². The molecule has 3 aromatic heterocycles. The topological polar surface area (TPSA) is 105 Å². The number of pyridine rings is 2. The summed E-state index contributed by atoms with van der Waals surface area (Å²) in [6.07, 6.45) is 6.16. The number of sulfone groups is 1. The van der Waals surface area contributed by atoms with Crippen molar-refractivity contribution in [3.63, 3.8) is 0 Å². The lowest BCUT2D eigenvalue weighted by Gasteiger charge is -2.13. The van der Waals surface area contributed by atoms with E-state index in [9.17, 15) is 13.2 Å². The van der Waals surface area contributed by atoms with Crippen LogP contribution in [0.2, 0.25) is 5.02 Å². The van der Waals surface area contributed by atoms with Crippen LogP contribution in [0.1, 0.15) is 16.1 Å². The minimum absolute atomic E-state index is 0.00689. The summed E-state index contributed by atoms with van der Waals surface area (Å²) < 4.78 is 26.1. The maximum Gasteiger partial charge on any atom is 0.276 e. The van der Waals surface area contributed by atoms with E-state index in [0.29, 0.717) is 16.4 Å². The molecule has 5 aromatic rings. The van der Waals surface area contributed by atoms with E-state index in [1.54, 1.807) is 36.4 Å². The van der Waals surface area contributed by atoms with E-state index in [1.807, 2.05) is 48.0 Å². The second kappa shape index (κ2) is 9.68. The molecule has 8 nitrogen and oxygen atoms in total. The van der Waals surface area contributed by atoms with Crippen LogP contribution in [0, 0.1) is 6.92 Å². The predicted octanol–water partition coefficient (Wildman–Crippen LogP) is 5.76. The smallest absolute Gasteiger partial charge is 0.276 e. The number of nitrogens with zero attached hydrogens (tertiary/aromatic N) is 3. The average Bonchev–Trinajstić information content (AvgIpc) is 3.31. The number of amides is 1. The molecule has 0 radical (unpaired) electrons. The van der Waals surface area contributed by atoms with Gasteiger partial charge in [0.2, 0.25) is 0 Å². The van der Waals surface area contributed by atoms with Crippen molar-refractivity contribution in [2.24, 2.45) is 0 Å². The summed E-state index contributed by atoms with van der Waals surface area (Å²) >= 11 is 5.96. The highest BCUT2D eigenvalue weighted by atomic mass is 35.5. The van der Waals surface area contributed by atoms with E-state index in [4.69, 9.17) is 16.6 Å². The van der Waals surface area contributed by atoms with Crippen molar-refractivity contribution >= 4 is 50.1 Å². The first-order valence-corrected chi connectivity index (χ1v) is 13.5. The molecule has 0 aliphatic carbocycles. The van der Waals surface area contributed by atoms with E-state index in [1.165, 1.54) is 12.3 Å². The Morgan fingerprint density at radius 3 is 2.38 bits per heavy atom. The van der Waals surface area contributed by atoms with Gasteiger partial charge in [-0.05, 0) is 61.0 Å². The van der Waals surface area contributed by atoms with Crippen molar-refractivity contribution in [1.29, 1.82) is 0 Å². The zero-order chi connectivity index (χ0) is 26.2. The summed E-state index contributed by atoms with van der Waals surface area (Å²) in [6.45, 7) is 2.01. The van der Waals surface area contributed by atoms with Gasteiger partial charge in [0.25, 0.3) is 5.91 Å². The number of hydrogen-bond donors (Lipinski definition) is 2. The van der Waals surface area contributed by atoms with Crippen LogP contribution in [0.5, 0.6) is 0 Å². The second-order valence-electron chi connectivity index (χ2n) is 8.55. The van der Waals surface area contributed by atoms with E-state index < -0.39 is 15.7 Å². The number of rotatable bonds is 6. The lowest BCUT2D eigenvalue weighted by molar-refractivity contribution is 0.102. The third-order valence-electron chi connectivity index (χ3n) is 5.75. The molecule has 0 saturated heterocycles. The van der Waals surface area contributed by atoms with Crippen molar-refractivity contribution in [3.05, 3.63) is 102 Å². The molecule has 0 saturated carbocycles. The molecule has 10 heteroatoms. The largest absolute Gasteiger partial charge is 0.354 e. The lowest BCUT2D eigenvalue weighted by atomic mass is 10.1. The summed E-state index contributed by atoms with van der Waals surface area (Å²) in [5, 5.41) is 6.45. The fraction of sp³-hybridized carbons (Fsp3) is 0.0741. The highest BCUT2D eigenvalue weighted by Crippen LogP contribution is 2.26. The number of halogens is 1. The number of benzene rings is 2. The van der Waals surface area contributed by atoms with Crippen LogP contribution < -0.4 is 10.6 Å². The third-order valence-corrected chi connectivity index (χ3v) is 7.08. The van der Waals surface area contributed by atoms with Crippen molar-refractivity contribution in [2.75, 3.05) is 16.9 Å². The molecule has 0 fully saturated rings. The molecule has 5 rings (SSSR count). The third kappa shape index (κ3) is 5.32. The molecule has 0 atom stereocenters. The van der Waals surface area contributed by atoms with Crippen LogP contribution >= 0.6 is 11.6 Å². The number of aryl methyl sites for hydroxylation is 1. The number of aromatic nitrogens is 3. The Hall–Kier alpha value is -4.21. The van der Waals surface area contributed by atoms with Crippen LogP contribution in [-0.4, -0.2) is 34.9 Å². The number of carbonyl (C=O) groups is 1. The van der Waals surface area contributed by atoms with Gasteiger partial charge in [-0.15, -0.1) is 0 Å². The van der Waals surface area contributed by atoms with Crippen molar-refractivity contribution in [2.45, 2.75) is 11.8 Å². The Labute approximate surface area is 218 Å². The number of anilines is 3. The highest BCUT2D eigenvalue weighted by molar-refractivity contribution is 7.90. The fourth-order valence-corrected chi connectivity index (χ4v) is 4.52. The highest BCUT2D eigenvalue weighted by Gasteiger charge is 2.18. The monoisotopic (exact) mass is 531 g/mol. The molecular formula is C27H22ClN5O3S. The summed E-state index contributed by atoms with van der Waals surface area (Å²) in [5.74, 6) is -0.493. The van der Waals surface area contributed by atoms with Crippen LogP contribution in [0.15, 0.2) is 90.2 Å². The Bertz CT molecular complexity index is 1730. The van der Waals surface area contributed by atoms with Gasteiger partial charge in [-0.25, -0.2) is 18.4 Å². The normalized spacial score (nSPS) is 11.4. The number of hydrogen-bond acceptors (Lipinski definition) is 6. The Morgan fingerprint density at radius 1 is 1.00 bits per heavy atom. The molecule has 37 heavy (non-hydrogen) atoms. The van der Waals surface area contributed by atoms with Gasteiger partial charge >= 0.3 is 0 Å². The van der Waals surface area contributed by atoms with Gasteiger partial charge in [-0.3, -0.25) is 4.79 Å². The lowest BCUT2D eigenvalue weighted by Crippen LogP contribution is -2.16. The average molecular weight is 532 g/mol. The van der Waals surface area contributed by atoms with E-state index in [0.717, 1.165) is 28.7 Å². The maximum absolute atomic E-state index is 13.2. The number of fused-ring (bicyclic) bond motifs is 1. The summed E-state index contributed by atoms with van der Waals surface area (Å²) in [4.78, 5) is 22.0. The maximum atomic E-state index is 13.2. The van der Waals surface area contributed by atoms with Gasteiger partial charge < -0.3 is 15.0 Å². The number of imidazole rings is 1. The molecule has 2 N–H and O–H groups in total. The molecule has 0 aliphatic rings. The van der Waals surface area contributed by atoms with Crippen molar-refractivity contribution in [1.82, 2.24) is 14.4 Å². The van der Waals surface area contributed by atoms with Gasteiger partial charge in [0, 0.05) is 46.8 Å². The summed E-state index contributed by atoms with van der Waals surface area (Å²) in [7, 11) is -3.53. The quantitative estimate of drug-likeness (QED) is 0.289. The van der Waals surface area contributed by atoms with Crippen LogP contribution in [0.25, 0.3) is 16.9 Å². The zero-order valence-corrected chi connectivity index (χ0v) is 21.5. The molecular weight excluding hydrogens is 510 g/mol. The molecule has 3 heterocycles. The van der Waals surface area contributed by atoms with E-state index >= 15 is 0 Å². The zero-order valence-electron chi connectivity index (χ0n) is 19.9. The van der Waals surface area contributed by atoms with Crippen LogP contribution in [0.4, 0.5) is 17.1 Å². The Balaban J connectivity index is 1.41. The SMILES string of the molecule is Cc1cccn2cc(-c3ccc(NC(=O)c4ncc(S(C)(=O)=O)cc4Nc4ccc(Cl)cc4)cc3)nc12. The van der Waals surface area contributed by atoms with Crippen LogP contribution in [0.3, 0.4) is 0 Å². The second-order valence-corrected chi connectivity index (χ2v) is 11.0. The Kier molecular flexibility index (Phi) is 6.41. The van der Waals surface area contributed by atoms with Crippen LogP contribution in [-0.2, 0) is 9.84 Å². The number of nitrogens with one attached hydrogen (secondary N) is 2. The Morgan fingerprint density at radius 2 is 1.70 bits per heavy atom. The molecule has 0 unspecified atom stereocenters. The molecule has 0 spiro atoms. The van der Waals surface area contributed by atoms with Gasteiger partial charge in [0.1, 0.15) is 5.65 Å². The summed E-state index contributed by atoms with van der Waals surface area (Å²) in [5.41, 5.74) is 5.16. The van der Waals surface area contributed by atoms with Crippen molar-refractivity contribution < 1.29 is 13.2 Å². The van der Waals surface area contributed by atoms with Gasteiger partial charge in [0.05, 0.1) is 16.3 Å². The van der Waals surface area contributed by atoms with Gasteiger partial charge in [0.15, 0.2) is 15.5 Å². The first-order chi connectivity index (χ1) is 17.7. The molecule has 186 valence electrons. The molecule has 1 amide bonds.